The van der Waals surface area contributed by atoms with Crippen molar-refractivity contribution in [1.82, 2.24) is 0 Å². The van der Waals surface area contributed by atoms with Gasteiger partial charge < -0.3 is 0 Å². The summed E-state index contributed by atoms with van der Waals surface area (Å²) in [5.74, 6) is 1.84. The molecule has 0 amide bonds. The van der Waals surface area contributed by atoms with Crippen LogP contribution >= 0.6 is 0 Å². The van der Waals surface area contributed by atoms with Crippen LogP contribution in [0.1, 0.15) is 12.5 Å². The second-order valence-electron chi connectivity index (χ2n) is 6.66. The topological polar surface area (TPSA) is 104 Å². The molecule has 1 aromatic heterocycles. The summed E-state index contributed by atoms with van der Waals surface area (Å²) in [6.07, 6.45) is 0.910. The van der Waals surface area contributed by atoms with Crippen LogP contribution in [0.2, 0.25) is 0 Å². The fraction of sp³-hybridized carbons (Fsp3) is 0.0800. The molecule has 6 heteroatoms. The fourth-order valence-corrected chi connectivity index (χ4v) is 3.34. The zero-order valence-corrected chi connectivity index (χ0v) is 17.6. The lowest BCUT2D eigenvalue weighted by Gasteiger charge is -2.17. The molecule has 158 valence electrons. The lowest BCUT2D eigenvalue weighted by molar-refractivity contribution is -2.00. The minimum absolute atomic E-state index is 0.889. The van der Waals surface area contributed by atoms with Crippen LogP contribution in [0.3, 0.4) is 0 Å². The van der Waals surface area contributed by atoms with Gasteiger partial charge in [0.25, 0.3) is 0 Å². The summed E-state index contributed by atoms with van der Waals surface area (Å²) < 4.78 is 40.4. The SMILES string of the molecule is CCc1c(-c2ccccc2)cc(-c2ccccc2)[o+]c1-c1ccccc1.[O-][Cl+3]([O-])([O-])[O-]. The smallest absolute Gasteiger partial charge is 0.222 e. The van der Waals surface area contributed by atoms with Crippen molar-refractivity contribution in [2.24, 2.45) is 0 Å². The minimum atomic E-state index is -4.94. The highest BCUT2D eigenvalue weighted by molar-refractivity contribution is 5.79. The molecular weight excluding hydrogens is 416 g/mol. The Morgan fingerprint density at radius 3 is 1.52 bits per heavy atom. The Morgan fingerprint density at radius 2 is 1.06 bits per heavy atom. The number of hydrogen-bond acceptors (Lipinski definition) is 4. The first kappa shape index (κ1) is 22.6. The van der Waals surface area contributed by atoms with E-state index < -0.39 is 10.2 Å². The molecule has 0 atom stereocenters. The van der Waals surface area contributed by atoms with E-state index in [2.05, 4.69) is 79.7 Å². The zero-order chi connectivity index (χ0) is 22.3. The highest BCUT2D eigenvalue weighted by Gasteiger charge is 2.26. The van der Waals surface area contributed by atoms with Gasteiger partial charge in [-0.15, -0.1) is 10.2 Å². The first-order valence-corrected chi connectivity index (χ1v) is 10.9. The lowest BCUT2D eigenvalue weighted by Crippen LogP contribution is -2.68. The van der Waals surface area contributed by atoms with E-state index in [1.54, 1.807) is 0 Å². The maximum atomic E-state index is 8.49. The second-order valence-corrected chi connectivity index (χ2v) is 7.42. The van der Waals surface area contributed by atoms with Crippen molar-refractivity contribution in [2.45, 2.75) is 13.3 Å². The molecule has 0 aliphatic rings. The van der Waals surface area contributed by atoms with Gasteiger partial charge >= 0.3 is 11.5 Å². The largest absolute Gasteiger partial charge is 0.364 e. The van der Waals surface area contributed by atoms with Gasteiger partial charge in [0.1, 0.15) is 0 Å². The van der Waals surface area contributed by atoms with Gasteiger partial charge in [0, 0.05) is 5.56 Å². The molecule has 0 N–H and O–H groups in total. The summed E-state index contributed by atoms with van der Waals surface area (Å²) in [5, 5.41) is 0. The molecule has 0 saturated heterocycles. The van der Waals surface area contributed by atoms with Gasteiger partial charge in [-0.05, 0) is 36.2 Å². The van der Waals surface area contributed by atoms with E-state index >= 15 is 0 Å². The molecule has 0 spiro atoms. The summed E-state index contributed by atoms with van der Waals surface area (Å²) in [7, 11) is -4.94. The van der Waals surface area contributed by atoms with Crippen LogP contribution < -0.4 is 18.6 Å². The van der Waals surface area contributed by atoms with E-state index in [-0.39, 0.29) is 0 Å². The van der Waals surface area contributed by atoms with Crippen molar-refractivity contribution < 1.29 is 33.3 Å². The van der Waals surface area contributed by atoms with E-state index in [0.717, 1.165) is 29.1 Å². The Hall–Kier alpha value is -3.06. The average Bonchev–Trinajstić information content (AvgIpc) is 2.79. The van der Waals surface area contributed by atoms with Crippen LogP contribution in [0.15, 0.2) is 101 Å². The first-order chi connectivity index (χ1) is 14.9. The Labute approximate surface area is 183 Å². The van der Waals surface area contributed by atoms with Crippen LogP contribution in [-0.4, -0.2) is 0 Å². The van der Waals surface area contributed by atoms with Crippen LogP contribution in [0.4, 0.5) is 0 Å². The van der Waals surface area contributed by atoms with Gasteiger partial charge in [-0.2, -0.15) is 0 Å². The summed E-state index contributed by atoms with van der Waals surface area (Å²) in [6.45, 7) is 2.19. The molecule has 3 aromatic carbocycles. The second kappa shape index (κ2) is 10.3. The van der Waals surface area contributed by atoms with E-state index in [1.165, 1.54) is 16.7 Å². The molecule has 4 rings (SSSR count). The molecule has 5 nitrogen and oxygen atoms in total. The van der Waals surface area contributed by atoms with Crippen molar-refractivity contribution in [2.75, 3.05) is 0 Å². The molecule has 4 aromatic rings. The molecular formula is C25H21ClO5. The number of hydrogen-bond donors (Lipinski definition) is 0. The highest BCUT2D eigenvalue weighted by atomic mass is 35.7. The molecule has 0 bridgehead atoms. The predicted molar refractivity (Wildman–Crippen MR) is 109 cm³/mol. The Balaban J connectivity index is 0.000000491. The molecule has 0 fully saturated rings. The molecule has 0 aliphatic heterocycles. The number of rotatable bonds is 4. The minimum Gasteiger partial charge on any atom is -0.222 e. The standard InChI is InChI=1S/C25H21O.ClHO4/c1-2-22-23(19-12-6-3-7-13-19)18-24(20-14-8-4-9-15-20)26-25(22)21-16-10-5-11-17-21;2-1(3,4)5/h3-18H,2H2,1H3;(H,2,3,4,5)/q+1;/p-1. The highest BCUT2D eigenvalue weighted by Crippen LogP contribution is 2.37. The summed E-state index contributed by atoms with van der Waals surface area (Å²) >= 11 is 0. The predicted octanol–water partition coefficient (Wildman–Crippen LogP) is 2.37. The van der Waals surface area contributed by atoms with Crippen molar-refractivity contribution in [3.63, 3.8) is 0 Å². The van der Waals surface area contributed by atoms with E-state index in [1.807, 2.05) is 24.3 Å². The van der Waals surface area contributed by atoms with Gasteiger partial charge in [-0.3, -0.25) is 0 Å². The third-order valence-corrected chi connectivity index (χ3v) is 4.62. The van der Waals surface area contributed by atoms with E-state index in [4.69, 9.17) is 23.1 Å². The third-order valence-electron chi connectivity index (χ3n) is 4.62. The molecule has 0 saturated carbocycles. The quantitative estimate of drug-likeness (QED) is 0.457. The van der Waals surface area contributed by atoms with Gasteiger partial charge in [0.05, 0.1) is 22.8 Å². The van der Waals surface area contributed by atoms with Crippen molar-refractivity contribution in [3.05, 3.63) is 103 Å². The maximum absolute atomic E-state index is 8.49. The van der Waals surface area contributed by atoms with Crippen molar-refractivity contribution in [3.8, 4) is 33.8 Å². The van der Waals surface area contributed by atoms with E-state index in [9.17, 15) is 0 Å². The number of halogens is 1. The van der Waals surface area contributed by atoms with Crippen LogP contribution in [0, 0.1) is 10.2 Å². The first-order valence-electron chi connectivity index (χ1n) is 9.65. The summed E-state index contributed by atoms with van der Waals surface area (Å²) in [4.78, 5) is 0. The lowest BCUT2D eigenvalue weighted by atomic mass is 9.94. The van der Waals surface area contributed by atoms with Gasteiger partial charge in [-0.25, -0.2) is 23.1 Å². The zero-order valence-electron chi connectivity index (χ0n) is 16.9. The Morgan fingerprint density at radius 1 is 0.645 bits per heavy atom. The maximum Gasteiger partial charge on any atom is 0.364 e. The number of benzene rings is 3. The van der Waals surface area contributed by atoms with Crippen LogP contribution in [0.5, 0.6) is 0 Å². The van der Waals surface area contributed by atoms with Crippen molar-refractivity contribution in [1.29, 1.82) is 0 Å². The normalized spacial score (nSPS) is 10.9. The molecule has 31 heavy (non-hydrogen) atoms. The van der Waals surface area contributed by atoms with Gasteiger partial charge in [0.2, 0.25) is 0 Å². The summed E-state index contributed by atoms with van der Waals surface area (Å²) in [5.41, 5.74) is 5.89. The summed E-state index contributed by atoms with van der Waals surface area (Å²) in [6, 6.07) is 33.4. The van der Waals surface area contributed by atoms with Gasteiger partial charge in [-0.1, -0.05) is 73.7 Å². The average molecular weight is 437 g/mol. The van der Waals surface area contributed by atoms with Gasteiger partial charge in [0.15, 0.2) is 0 Å². The molecule has 1 heterocycles. The van der Waals surface area contributed by atoms with Crippen LogP contribution in [0.25, 0.3) is 33.8 Å². The fourth-order valence-electron chi connectivity index (χ4n) is 3.34. The molecule has 0 unspecified atom stereocenters. The monoisotopic (exact) mass is 436 g/mol. The molecule has 0 radical (unpaired) electrons. The van der Waals surface area contributed by atoms with Crippen molar-refractivity contribution >= 4 is 0 Å². The Kier molecular flexibility index (Phi) is 7.52. The third kappa shape index (κ3) is 6.46. The Bertz CT molecular complexity index is 1030. The molecule has 0 aliphatic carbocycles. The van der Waals surface area contributed by atoms with E-state index in [0.29, 0.717) is 0 Å². The van der Waals surface area contributed by atoms with Crippen LogP contribution in [-0.2, 0) is 6.42 Å².